The van der Waals surface area contributed by atoms with Gasteiger partial charge >= 0.3 is 0 Å². The summed E-state index contributed by atoms with van der Waals surface area (Å²) in [5.74, 6) is 0. The van der Waals surface area contributed by atoms with Crippen LogP contribution in [-0.4, -0.2) is 20.1 Å². The Morgan fingerprint density at radius 2 is 2.05 bits per heavy atom. The summed E-state index contributed by atoms with van der Waals surface area (Å²) in [7, 11) is -3.58. The van der Waals surface area contributed by atoms with Crippen LogP contribution in [0.1, 0.15) is 17.2 Å². The summed E-state index contributed by atoms with van der Waals surface area (Å²) in [6, 6.07) is 8.53. The molecule has 0 aliphatic heterocycles. The molecule has 1 atom stereocenters. The first-order valence-corrected chi connectivity index (χ1v) is 8.19. The van der Waals surface area contributed by atoms with E-state index in [2.05, 4.69) is 4.72 Å². The lowest BCUT2D eigenvalue weighted by molar-refractivity contribution is 0.182. The molecule has 0 aliphatic carbocycles. The van der Waals surface area contributed by atoms with Crippen LogP contribution in [-0.2, 0) is 10.0 Å². The average Bonchev–Trinajstić information content (AvgIpc) is 2.90. The fourth-order valence-electron chi connectivity index (χ4n) is 1.71. The van der Waals surface area contributed by atoms with Gasteiger partial charge in [-0.05, 0) is 40.9 Å². The van der Waals surface area contributed by atoms with E-state index in [1.54, 1.807) is 42.6 Å². The minimum atomic E-state index is -3.58. The van der Waals surface area contributed by atoms with Crippen molar-refractivity contribution >= 4 is 21.4 Å². The van der Waals surface area contributed by atoms with Gasteiger partial charge in [0.25, 0.3) is 0 Å². The van der Waals surface area contributed by atoms with Crippen LogP contribution in [0.5, 0.6) is 0 Å². The van der Waals surface area contributed by atoms with E-state index in [9.17, 15) is 13.5 Å². The van der Waals surface area contributed by atoms with Crippen molar-refractivity contribution in [2.75, 3.05) is 6.54 Å². The van der Waals surface area contributed by atoms with Gasteiger partial charge in [0.05, 0.1) is 11.0 Å². The Bertz CT molecular complexity index is 636. The van der Waals surface area contributed by atoms with Crippen molar-refractivity contribution in [1.29, 1.82) is 0 Å². The molecule has 0 radical (unpaired) electrons. The number of nitrogens with one attached hydrogen (secondary N) is 1. The van der Waals surface area contributed by atoms with Gasteiger partial charge in [-0.15, -0.1) is 0 Å². The Morgan fingerprint density at radius 3 is 2.68 bits per heavy atom. The molecule has 2 rings (SSSR count). The Balaban J connectivity index is 2.09. The molecule has 19 heavy (non-hydrogen) atoms. The molecule has 0 saturated carbocycles. The Hall–Kier alpha value is -1.21. The van der Waals surface area contributed by atoms with Crippen LogP contribution in [0.15, 0.2) is 46.0 Å². The van der Waals surface area contributed by atoms with Crippen molar-refractivity contribution in [3.8, 4) is 0 Å². The second-order valence-electron chi connectivity index (χ2n) is 4.19. The molecule has 0 amide bonds. The highest BCUT2D eigenvalue weighted by molar-refractivity contribution is 7.89. The molecule has 0 bridgehead atoms. The first-order valence-electron chi connectivity index (χ1n) is 5.76. The number of aliphatic hydroxyl groups is 1. The van der Waals surface area contributed by atoms with Crippen molar-refractivity contribution in [3.05, 3.63) is 52.2 Å². The zero-order valence-corrected chi connectivity index (χ0v) is 12.0. The summed E-state index contributed by atoms with van der Waals surface area (Å²) >= 11 is 1.46. The van der Waals surface area contributed by atoms with Crippen LogP contribution >= 0.6 is 11.3 Å². The monoisotopic (exact) mass is 297 g/mol. The predicted molar refractivity (Wildman–Crippen MR) is 75.6 cm³/mol. The van der Waals surface area contributed by atoms with Gasteiger partial charge in [-0.1, -0.05) is 18.2 Å². The maximum atomic E-state index is 12.1. The van der Waals surface area contributed by atoms with Gasteiger partial charge in [-0.2, -0.15) is 11.3 Å². The molecule has 102 valence electrons. The molecule has 2 N–H and O–H groups in total. The number of rotatable bonds is 5. The highest BCUT2D eigenvalue weighted by atomic mass is 32.2. The molecule has 0 saturated heterocycles. The zero-order chi connectivity index (χ0) is 13.9. The van der Waals surface area contributed by atoms with E-state index >= 15 is 0 Å². The third kappa shape index (κ3) is 3.42. The molecule has 1 unspecified atom stereocenters. The third-order valence-electron chi connectivity index (χ3n) is 2.78. The second kappa shape index (κ2) is 5.83. The number of aryl methyl sites for hydroxylation is 1. The van der Waals surface area contributed by atoms with Crippen molar-refractivity contribution in [2.45, 2.75) is 17.9 Å². The highest BCUT2D eigenvalue weighted by Crippen LogP contribution is 2.17. The summed E-state index contributed by atoms with van der Waals surface area (Å²) in [6.07, 6.45) is -0.829. The van der Waals surface area contributed by atoms with Crippen LogP contribution in [0.3, 0.4) is 0 Å². The van der Waals surface area contributed by atoms with Crippen molar-refractivity contribution in [1.82, 2.24) is 4.72 Å². The normalized spacial score (nSPS) is 13.4. The lowest BCUT2D eigenvalue weighted by atomic mass is 10.2. The Kier molecular flexibility index (Phi) is 4.36. The maximum absolute atomic E-state index is 12.1. The number of hydrogen-bond donors (Lipinski definition) is 2. The fraction of sp³-hybridized carbons (Fsp3) is 0.231. The molecule has 4 nitrogen and oxygen atoms in total. The first kappa shape index (κ1) is 14.2. The maximum Gasteiger partial charge on any atom is 0.240 e. The number of thiophene rings is 1. The number of benzene rings is 1. The van der Waals surface area contributed by atoms with E-state index in [4.69, 9.17) is 0 Å². The average molecular weight is 297 g/mol. The lowest BCUT2D eigenvalue weighted by Crippen LogP contribution is -2.28. The SMILES string of the molecule is Cc1ccccc1S(=O)(=O)NCC(O)c1ccsc1. The summed E-state index contributed by atoms with van der Waals surface area (Å²) in [5.41, 5.74) is 1.40. The van der Waals surface area contributed by atoms with Crippen LogP contribution in [0, 0.1) is 6.92 Å². The number of hydrogen-bond acceptors (Lipinski definition) is 4. The summed E-state index contributed by atoms with van der Waals surface area (Å²) < 4.78 is 26.6. The Labute approximate surface area is 116 Å². The predicted octanol–water partition coefficient (Wildman–Crippen LogP) is 2.07. The third-order valence-corrected chi connectivity index (χ3v) is 5.06. The number of aliphatic hydroxyl groups excluding tert-OH is 1. The van der Waals surface area contributed by atoms with Crippen LogP contribution in [0.4, 0.5) is 0 Å². The van der Waals surface area contributed by atoms with Gasteiger partial charge in [-0.25, -0.2) is 13.1 Å². The minimum absolute atomic E-state index is 0.0343. The molecule has 1 aromatic carbocycles. The molecule has 0 fully saturated rings. The largest absolute Gasteiger partial charge is 0.387 e. The summed E-state index contributed by atoms with van der Waals surface area (Å²) in [4.78, 5) is 0.243. The molecule has 6 heteroatoms. The lowest BCUT2D eigenvalue weighted by Gasteiger charge is -2.12. The van der Waals surface area contributed by atoms with E-state index in [1.807, 2.05) is 5.38 Å². The standard InChI is InChI=1S/C13H15NO3S2/c1-10-4-2-3-5-13(10)19(16,17)14-8-12(15)11-6-7-18-9-11/h2-7,9,12,14-15H,8H2,1H3. The number of sulfonamides is 1. The smallest absolute Gasteiger partial charge is 0.240 e. The summed E-state index contributed by atoms with van der Waals surface area (Å²) in [6.45, 7) is 1.71. The molecular weight excluding hydrogens is 282 g/mol. The van der Waals surface area contributed by atoms with Crippen LogP contribution in [0.2, 0.25) is 0 Å². The van der Waals surface area contributed by atoms with E-state index < -0.39 is 16.1 Å². The first-order chi connectivity index (χ1) is 9.00. The molecule has 0 spiro atoms. The van der Waals surface area contributed by atoms with Gasteiger partial charge in [0.1, 0.15) is 0 Å². The molecule has 0 aliphatic rings. The van der Waals surface area contributed by atoms with E-state index in [-0.39, 0.29) is 11.4 Å². The van der Waals surface area contributed by atoms with Crippen LogP contribution in [0.25, 0.3) is 0 Å². The van der Waals surface area contributed by atoms with Gasteiger partial charge in [0.15, 0.2) is 0 Å². The van der Waals surface area contributed by atoms with Gasteiger partial charge < -0.3 is 5.11 Å². The molecule has 1 aromatic heterocycles. The topological polar surface area (TPSA) is 66.4 Å². The van der Waals surface area contributed by atoms with Gasteiger partial charge in [-0.3, -0.25) is 0 Å². The van der Waals surface area contributed by atoms with E-state index in [0.717, 1.165) is 5.56 Å². The van der Waals surface area contributed by atoms with Crippen molar-refractivity contribution in [3.63, 3.8) is 0 Å². The molecule has 2 aromatic rings. The van der Waals surface area contributed by atoms with Crippen molar-refractivity contribution in [2.24, 2.45) is 0 Å². The summed E-state index contributed by atoms with van der Waals surface area (Å²) in [5, 5.41) is 13.5. The van der Waals surface area contributed by atoms with Crippen molar-refractivity contribution < 1.29 is 13.5 Å². The quantitative estimate of drug-likeness (QED) is 0.888. The van der Waals surface area contributed by atoms with Gasteiger partial charge in [0.2, 0.25) is 10.0 Å². The second-order valence-corrected chi connectivity index (χ2v) is 6.71. The fourth-order valence-corrected chi connectivity index (χ4v) is 3.70. The molecular formula is C13H15NO3S2. The van der Waals surface area contributed by atoms with Gasteiger partial charge in [0, 0.05) is 6.54 Å². The zero-order valence-electron chi connectivity index (χ0n) is 10.4. The molecule has 1 heterocycles. The minimum Gasteiger partial charge on any atom is -0.387 e. The highest BCUT2D eigenvalue weighted by Gasteiger charge is 2.18. The van der Waals surface area contributed by atoms with E-state index in [1.165, 1.54) is 11.3 Å². The Morgan fingerprint density at radius 1 is 1.32 bits per heavy atom. The van der Waals surface area contributed by atoms with Crippen LogP contribution < -0.4 is 4.72 Å². The van der Waals surface area contributed by atoms with E-state index in [0.29, 0.717) is 5.56 Å².